The van der Waals surface area contributed by atoms with E-state index in [2.05, 4.69) is 5.32 Å². The van der Waals surface area contributed by atoms with Gasteiger partial charge in [-0.05, 0) is 31.6 Å². The van der Waals surface area contributed by atoms with Crippen molar-refractivity contribution in [3.05, 3.63) is 0 Å². The zero-order valence-corrected chi connectivity index (χ0v) is 6.55. The van der Waals surface area contributed by atoms with Crippen LogP contribution in [0.15, 0.2) is 0 Å². The molecule has 0 aromatic carbocycles. The molecule has 0 aromatic rings. The minimum Gasteiger partial charge on any atom is -0.352 e. The molecule has 1 saturated carbocycles. The molecule has 1 aliphatic carbocycles. The molecule has 1 heterocycles. The number of nitrogens with one attached hydrogen (secondary N) is 1. The van der Waals surface area contributed by atoms with Gasteiger partial charge < -0.3 is 11.1 Å². The molecule has 0 aromatic heterocycles. The molecule has 0 radical (unpaired) electrons. The van der Waals surface area contributed by atoms with E-state index in [-0.39, 0.29) is 11.9 Å². The minimum atomic E-state index is -0.245. The number of fused-ring (bicyclic) bond motifs is 2. The molecule has 2 fully saturated rings. The Labute approximate surface area is 66.3 Å². The molecule has 3 atom stereocenters. The Hall–Kier alpha value is -0.570. The summed E-state index contributed by atoms with van der Waals surface area (Å²) in [4.78, 5) is 11.2. The lowest BCUT2D eigenvalue weighted by Crippen LogP contribution is -2.43. The van der Waals surface area contributed by atoms with Gasteiger partial charge in [0.1, 0.15) is 0 Å². The Kier molecular flexibility index (Phi) is 1.60. The molecule has 2 aliphatic rings. The second-order valence-corrected chi connectivity index (χ2v) is 3.73. The third-order valence-electron chi connectivity index (χ3n) is 2.81. The van der Waals surface area contributed by atoms with Crippen molar-refractivity contribution in [3.8, 4) is 0 Å². The number of carbonyl (C=O) groups excluding carboxylic acids is 1. The van der Waals surface area contributed by atoms with E-state index in [9.17, 15) is 4.79 Å². The maximum Gasteiger partial charge on any atom is 0.237 e. The van der Waals surface area contributed by atoms with E-state index in [1.165, 1.54) is 6.42 Å². The Morgan fingerprint density at radius 2 is 2.18 bits per heavy atom. The van der Waals surface area contributed by atoms with E-state index in [0.717, 1.165) is 19.3 Å². The molecule has 3 heteroatoms. The van der Waals surface area contributed by atoms with Crippen LogP contribution in [0.1, 0.15) is 25.7 Å². The van der Waals surface area contributed by atoms with Gasteiger partial charge in [0.2, 0.25) is 5.91 Å². The van der Waals surface area contributed by atoms with Crippen LogP contribution in [0, 0.1) is 5.92 Å². The van der Waals surface area contributed by atoms with E-state index < -0.39 is 0 Å². The van der Waals surface area contributed by atoms with E-state index >= 15 is 0 Å². The van der Waals surface area contributed by atoms with Gasteiger partial charge in [-0.2, -0.15) is 0 Å². The number of nitrogens with two attached hydrogens (primary N) is 1. The molecule has 62 valence electrons. The number of amides is 1. The third-order valence-corrected chi connectivity index (χ3v) is 2.81. The first-order valence-electron chi connectivity index (χ1n) is 4.31. The quantitative estimate of drug-likeness (QED) is 0.516. The fourth-order valence-corrected chi connectivity index (χ4v) is 2.19. The monoisotopic (exact) mass is 154 g/mol. The molecule has 11 heavy (non-hydrogen) atoms. The summed E-state index contributed by atoms with van der Waals surface area (Å²) in [7, 11) is 0. The van der Waals surface area contributed by atoms with Gasteiger partial charge in [-0.15, -0.1) is 0 Å². The van der Waals surface area contributed by atoms with Gasteiger partial charge >= 0.3 is 0 Å². The highest BCUT2D eigenvalue weighted by atomic mass is 16.2. The zero-order valence-electron chi connectivity index (χ0n) is 6.55. The second-order valence-electron chi connectivity index (χ2n) is 3.73. The standard InChI is InChI=1S/C8H14N2O/c9-7-4-5-1-2-6(3-5)10-8(7)11/h5-7H,1-4,9H2,(H,10,11)/t5-,6?,7-/m1/s1. The summed E-state index contributed by atoms with van der Waals surface area (Å²) in [6, 6.07) is 0.186. The summed E-state index contributed by atoms with van der Waals surface area (Å²) in [6.45, 7) is 0. The highest BCUT2D eigenvalue weighted by Crippen LogP contribution is 2.31. The van der Waals surface area contributed by atoms with Crippen LogP contribution in [0.25, 0.3) is 0 Å². The summed E-state index contributed by atoms with van der Waals surface area (Å²) < 4.78 is 0. The lowest BCUT2D eigenvalue weighted by molar-refractivity contribution is -0.122. The molecule has 1 unspecified atom stereocenters. The van der Waals surface area contributed by atoms with Crippen LogP contribution in [-0.4, -0.2) is 18.0 Å². The largest absolute Gasteiger partial charge is 0.352 e. The summed E-state index contributed by atoms with van der Waals surface area (Å²) in [5.74, 6) is 0.756. The first-order valence-corrected chi connectivity index (χ1v) is 4.31. The number of carbonyl (C=O) groups is 1. The number of rotatable bonds is 0. The summed E-state index contributed by atoms with van der Waals surface area (Å²) in [5, 5.41) is 2.96. The van der Waals surface area contributed by atoms with Crippen molar-refractivity contribution in [1.29, 1.82) is 0 Å². The van der Waals surface area contributed by atoms with E-state index in [1.54, 1.807) is 0 Å². The van der Waals surface area contributed by atoms with E-state index in [1.807, 2.05) is 0 Å². The first kappa shape index (κ1) is 7.10. The van der Waals surface area contributed by atoms with Gasteiger partial charge in [-0.1, -0.05) is 0 Å². The average Bonchev–Trinajstić information content (AvgIpc) is 2.30. The van der Waals surface area contributed by atoms with Crippen LogP contribution in [0.5, 0.6) is 0 Å². The van der Waals surface area contributed by atoms with Crippen molar-refractivity contribution in [2.45, 2.75) is 37.8 Å². The van der Waals surface area contributed by atoms with E-state index in [4.69, 9.17) is 5.73 Å². The molecule has 0 spiro atoms. The smallest absolute Gasteiger partial charge is 0.237 e. The molecule has 1 saturated heterocycles. The van der Waals surface area contributed by atoms with Crippen molar-refractivity contribution >= 4 is 5.91 Å². The van der Waals surface area contributed by atoms with Gasteiger partial charge in [-0.3, -0.25) is 4.79 Å². The summed E-state index contributed by atoms with van der Waals surface area (Å²) >= 11 is 0. The van der Waals surface area contributed by atoms with Gasteiger partial charge in [0.25, 0.3) is 0 Å². The molecular formula is C8H14N2O. The highest BCUT2D eigenvalue weighted by molar-refractivity contribution is 5.82. The lowest BCUT2D eigenvalue weighted by Gasteiger charge is -2.14. The van der Waals surface area contributed by atoms with Crippen LogP contribution < -0.4 is 11.1 Å². The van der Waals surface area contributed by atoms with E-state index in [0.29, 0.717) is 12.0 Å². The molecule has 1 amide bonds. The molecule has 3 N–H and O–H groups in total. The predicted octanol–water partition coefficient (Wildman–Crippen LogP) is 0.00230. The van der Waals surface area contributed by atoms with Crippen LogP contribution in [0.2, 0.25) is 0 Å². The lowest BCUT2D eigenvalue weighted by atomic mass is 9.99. The maximum absolute atomic E-state index is 11.2. The van der Waals surface area contributed by atoms with Crippen LogP contribution in [0.3, 0.4) is 0 Å². The van der Waals surface area contributed by atoms with Crippen molar-refractivity contribution in [2.24, 2.45) is 11.7 Å². The topological polar surface area (TPSA) is 55.1 Å². The van der Waals surface area contributed by atoms with Crippen molar-refractivity contribution in [3.63, 3.8) is 0 Å². The predicted molar refractivity (Wildman–Crippen MR) is 41.9 cm³/mol. The van der Waals surface area contributed by atoms with Gasteiger partial charge in [-0.25, -0.2) is 0 Å². The summed E-state index contributed by atoms with van der Waals surface area (Å²) in [5.41, 5.74) is 5.65. The molecule has 2 rings (SSSR count). The molecular weight excluding hydrogens is 140 g/mol. The van der Waals surface area contributed by atoms with Gasteiger partial charge in [0, 0.05) is 6.04 Å². The Morgan fingerprint density at radius 1 is 1.36 bits per heavy atom. The highest BCUT2D eigenvalue weighted by Gasteiger charge is 2.33. The molecule has 2 bridgehead atoms. The van der Waals surface area contributed by atoms with Gasteiger partial charge in [0.15, 0.2) is 0 Å². The minimum absolute atomic E-state index is 0.0530. The SMILES string of the molecule is N[C@@H]1C[C@@H]2CCC(C2)NC1=O. The normalized spacial score (nSPS) is 43.4. The van der Waals surface area contributed by atoms with Crippen LogP contribution >= 0.6 is 0 Å². The Morgan fingerprint density at radius 3 is 3.00 bits per heavy atom. The number of hydrogen-bond donors (Lipinski definition) is 2. The third kappa shape index (κ3) is 1.25. The fraction of sp³-hybridized carbons (Fsp3) is 0.875. The molecule has 3 nitrogen and oxygen atoms in total. The van der Waals surface area contributed by atoms with Gasteiger partial charge in [0.05, 0.1) is 6.04 Å². The van der Waals surface area contributed by atoms with Crippen LogP contribution in [0.4, 0.5) is 0 Å². The Bertz CT molecular complexity index is 181. The maximum atomic E-state index is 11.2. The first-order chi connectivity index (χ1) is 5.25. The zero-order chi connectivity index (χ0) is 7.84. The summed E-state index contributed by atoms with van der Waals surface area (Å²) in [6.07, 6.45) is 4.45. The molecule has 1 aliphatic heterocycles. The average molecular weight is 154 g/mol. The Balaban J connectivity index is 2.10. The van der Waals surface area contributed by atoms with Crippen molar-refractivity contribution in [2.75, 3.05) is 0 Å². The second kappa shape index (κ2) is 2.48. The van der Waals surface area contributed by atoms with Crippen molar-refractivity contribution < 1.29 is 4.79 Å². The fourth-order valence-electron chi connectivity index (χ4n) is 2.19. The van der Waals surface area contributed by atoms with Crippen LogP contribution in [-0.2, 0) is 4.79 Å². The van der Waals surface area contributed by atoms with Crippen molar-refractivity contribution in [1.82, 2.24) is 5.32 Å². The number of hydrogen-bond acceptors (Lipinski definition) is 2.